The first kappa shape index (κ1) is 12.0. The second-order valence-electron chi connectivity index (χ2n) is 5.35. The molecule has 0 radical (unpaired) electrons. The number of nitrogens with one attached hydrogen (secondary N) is 1. The van der Waals surface area contributed by atoms with Crippen LogP contribution in [0.2, 0.25) is 0 Å². The lowest BCUT2D eigenvalue weighted by Crippen LogP contribution is -2.45. The molecule has 2 nitrogen and oxygen atoms in total. The Kier molecular flexibility index (Phi) is 4.39. The van der Waals surface area contributed by atoms with E-state index in [-0.39, 0.29) is 0 Å². The highest BCUT2D eigenvalue weighted by atomic mass is 15.0. The summed E-state index contributed by atoms with van der Waals surface area (Å²) in [6, 6.07) is 1.14. The first-order valence-electron chi connectivity index (χ1n) is 6.07. The van der Waals surface area contributed by atoms with E-state index in [1.807, 2.05) is 0 Å². The summed E-state index contributed by atoms with van der Waals surface area (Å²) in [5.41, 5.74) is 6.26. The number of nitrogens with two attached hydrogens (primary N) is 1. The lowest BCUT2D eigenvalue weighted by molar-refractivity contribution is 0.304. The first-order valence-corrected chi connectivity index (χ1v) is 6.07. The summed E-state index contributed by atoms with van der Waals surface area (Å²) >= 11 is 0. The Morgan fingerprint density at radius 3 is 2.57 bits per heavy atom. The van der Waals surface area contributed by atoms with Crippen LogP contribution >= 0.6 is 0 Å². The molecule has 0 aromatic rings. The summed E-state index contributed by atoms with van der Waals surface area (Å²) in [6.07, 6.45) is 7.44. The second kappa shape index (κ2) is 5.13. The Morgan fingerprint density at radius 2 is 1.93 bits per heavy atom. The van der Waals surface area contributed by atoms with Crippen molar-refractivity contribution in [2.75, 3.05) is 0 Å². The third-order valence-corrected chi connectivity index (χ3v) is 3.49. The van der Waals surface area contributed by atoms with Gasteiger partial charge in [0.25, 0.3) is 0 Å². The second-order valence-corrected chi connectivity index (χ2v) is 5.35. The van der Waals surface area contributed by atoms with Crippen molar-refractivity contribution >= 4 is 0 Å². The Labute approximate surface area is 88.6 Å². The summed E-state index contributed by atoms with van der Waals surface area (Å²) in [4.78, 5) is 0. The fraction of sp³-hybridized carbons (Fsp3) is 1.00. The molecule has 0 bridgehead atoms. The predicted octanol–water partition coefficient (Wildman–Crippen LogP) is 2.42. The number of hydrogen-bond acceptors (Lipinski definition) is 2. The Bertz CT molecular complexity index is 166. The topological polar surface area (TPSA) is 38.0 Å². The molecule has 0 aromatic carbocycles. The van der Waals surface area contributed by atoms with Crippen LogP contribution in [-0.4, -0.2) is 17.6 Å². The molecule has 1 unspecified atom stereocenters. The third kappa shape index (κ3) is 3.97. The molecule has 84 valence electrons. The van der Waals surface area contributed by atoms with E-state index in [0.29, 0.717) is 17.6 Å². The summed E-state index contributed by atoms with van der Waals surface area (Å²) in [7, 11) is 0. The Hall–Kier alpha value is -0.0800. The quantitative estimate of drug-likeness (QED) is 0.684. The normalized spacial score (nSPS) is 30.0. The molecule has 0 spiro atoms. The molecule has 0 saturated heterocycles. The summed E-state index contributed by atoms with van der Waals surface area (Å²) in [6.45, 7) is 6.82. The van der Waals surface area contributed by atoms with Crippen molar-refractivity contribution in [2.45, 2.75) is 76.9 Å². The van der Waals surface area contributed by atoms with E-state index in [1.165, 1.54) is 38.5 Å². The van der Waals surface area contributed by atoms with Crippen LogP contribution in [0.25, 0.3) is 0 Å². The molecule has 14 heavy (non-hydrogen) atoms. The van der Waals surface area contributed by atoms with Gasteiger partial charge in [-0.3, -0.25) is 0 Å². The highest BCUT2D eigenvalue weighted by Crippen LogP contribution is 2.20. The van der Waals surface area contributed by atoms with Gasteiger partial charge in [-0.2, -0.15) is 0 Å². The van der Waals surface area contributed by atoms with E-state index in [0.717, 1.165) is 0 Å². The molecular formula is C12H26N2. The van der Waals surface area contributed by atoms with Gasteiger partial charge in [0, 0.05) is 17.6 Å². The van der Waals surface area contributed by atoms with Gasteiger partial charge in [-0.25, -0.2) is 0 Å². The molecule has 0 amide bonds. The van der Waals surface area contributed by atoms with E-state index in [2.05, 4.69) is 26.1 Å². The molecule has 1 aliphatic rings. The third-order valence-electron chi connectivity index (χ3n) is 3.49. The Balaban J connectivity index is 2.37. The van der Waals surface area contributed by atoms with E-state index >= 15 is 0 Å². The van der Waals surface area contributed by atoms with E-state index in [4.69, 9.17) is 5.73 Å². The Morgan fingerprint density at radius 1 is 1.21 bits per heavy atom. The van der Waals surface area contributed by atoms with Gasteiger partial charge in [0.05, 0.1) is 0 Å². The van der Waals surface area contributed by atoms with E-state index in [9.17, 15) is 0 Å². The van der Waals surface area contributed by atoms with Crippen molar-refractivity contribution in [3.63, 3.8) is 0 Å². The van der Waals surface area contributed by atoms with Crippen molar-refractivity contribution in [3.8, 4) is 0 Å². The molecule has 1 rings (SSSR count). The van der Waals surface area contributed by atoms with Crippen LogP contribution in [0.1, 0.15) is 59.3 Å². The van der Waals surface area contributed by atoms with Crippen molar-refractivity contribution in [3.05, 3.63) is 0 Å². The first-order chi connectivity index (χ1) is 6.53. The van der Waals surface area contributed by atoms with Gasteiger partial charge >= 0.3 is 0 Å². The van der Waals surface area contributed by atoms with E-state index in [1.54, 1.807) is 0 Å². The van der Waals surface area contributed by atoms with Crippen LogP contribution in [0.5, 0.6) is 0 Å². The SMILES string of the molecule is CCC(C)(C)N[C@H]1CCCC(N)CC1. The molecule has 0 aromatic heterocycles. The van der Waals surface area contributed by atoms with Gasteiger partial charge in [-0.1, -0.05) is 13.3 Å². The smallest absolute Gasteiger partial charge is 0.0125 e. The van der Waals surface area contributed by atoms with E-state index < -0.39 is 0 Å². The van der Waals surface area contributed by atoms with Crippen LogP contribution in [0.4, 0.5) is 0 Å². The van der Waals surface area contributed by atoms with Gasteiger partial charge in [0.2, 0.25) is 0 Å². The fourth-order valence-corrected chi connectivity index (χ4v) is 2.13. The largest absolute Gasteiger partial charge is 0.328 e. The van der Waals surface area contributed by atoms with Crippen LogP contribution in [-0.2, 0) is 0 Å². The van der Waals surface area contributed by atoms with Gasteiger partial charge in [0.15, 0.2) is 0 Å². The van der Waals surface area contributed by atoms with Crippen molar-refractivity contribution in [1.29, 1.82) is 0 Å². The monoisotopic (exact) mass is 198 g/mol. The highest BCUT2D eigenvalue weighted by molar-refractivity contribution is 4.84. The molecule has 2 atom stereocenters. The highest BCUT2D eigenvalue weighted by Gasteiger charge is 2.22. The average molecular weight is 198 g/mol. The summed E-state index contributed by atoms with van der Waals surface area (Å²) < 4.78 is 0. The lowest BCUT2D eigenvalue weighted by Gasteiger charge is -2.30. The minimum absolute atomic E-state index is 0.291. The minimum Gasteiger partial charge on any atom is -0.328 e. The molecule has 1 aliphatic carbocycles. The van der Waals surface area contributed by atoms with Crippen LogP contribution in [0.15, 0.2) is 0 Å². The maximum atomic E-state index is 5.97. The molecule has 1 saturated carbocycles. The van der Waals surface area contributed by atoms with Crippen LogP contribution < -0.4 is 11.1 Å². The standard InChI is InChI=1S/C12H26N2/c1-4-12(2,3)14-11-7-5-6-10(13)8-9-11/h10-11,14H,4-9,13H2,1-3H3/t10?,11-/m0/s1. The van der Waals surface area contributed by atoms with Crippen LogP contribution in [0, 0.1) is 0 Å². The average Bonchev–Trinajstić information content (AvgIpc) is 2.31. The number of rotatable bonds is 3. The maximum absolute atomic E-state index is 5.97. The van der Waals surface area contributed by atoms with Gasteiger partial charge in [-0.05, 0) is 46.0 Å². The van der Waals surface area contributed by atoms with Gasteiger partial charge < -0.3 is 11.1 Å². The van der Waals surface area contributed by atoms with Crippen molar-refractivity contribution in [2.24, 2.45) is 5.73 Å². The molecule has 0 aliphatic heterocycles. The predicted molar refractivity (Wildman–Crippen MR) is 62.4 cm³/mol. The van der Waals surface area contributed by atoms with Crippen molar-refractivity contribution in [1.82, 2.24) is 5.32 Å². The molecule has 1 fully saturated rings. The van der Waals surface area contributed by atoms with Crippen LogP contribution in [0.3, 0.4) is 0 Å². The summed E-state index contributed by atoms with van der Waals surface area (Å²) in [5, 5.41) is 3.75. The zero-order valence-electron chi connectivity index (χ0n) is 9.97. The molecular weight excluding hydrogens is 172 g/mol. The maximum Gasteiger partial charge on any atom is 0.0125 e. The number of hydrogen-bond donors (Lipinski definition) is 2. The minimum atomic E-state index is 0.291. The zero-order valence-corrected chi connectivity index (χ0v) is 9.97. The van der Waals surface area contributed by atoms with Gasteiger partial charge in [-0.15, -0.1) is 0 Å². The zero-order chi connectivity index (χ0) is 10.6. The fourth-order valence-electron chi connectivity index (χ4n) is 2.13. The lowest BCUT2D eigenvalue weighted by atomic mass is 9.98. The molecule has 0 heterocycles. The van der Waals surface area contributed by atoms with Crippen molar-refractivity contribution < 1.29 is 0 Å². The molecule has 2 heteroatoms. The summed E-state index contributed by atoms with van der Waals surface area (Å²) in [5.74, 6) is 0. The van der Waals surface area contributed by atoms with Gasteiger partial charge in [0.1, 0.15) is 0 Å². The molecule has 3 N–H and O–H groups in total.